The van der Waals surface area contributed by atoms with E-state index >= 15 is 0 Å². The van der Waals surface area contributed by atoms with E-state index in [0.717, 1.165) is 32.4 Å². The van der Waals surface area contributed by atoms with E-state index < -0.39 is 5.60 Å². The molecule has 1 amide bonds. The predicted molar refractivity (Wildman–Crippen MR) is 114 cm³/mol. The number of hydrogen-bond acceptors (Lipinski definition) is 4. The number of rotatable bonds is 5. The second-order valence-corrected chi connectivity index (χ2v) is 9.79. The van der Waals surface area contributed by atoms with Gasteiger partial charge in [0.15, 0.2) is 0 Å². The highest BCUT2D eigenvalue weighted by Gasteiger charge is 2.34. The van der Waals surface area contributed by atoms with Crippen LogP contribution in [0.3, 0.4) is 0 Å². The van der Waals surface area contributed by atoms with Crippen molar-refractivity contribution in [2.75, 3.05) is 18.0 Å². The van der Waals surface area contributed by atoms with Crippen LogP contribution in [0.25, 0.3) is 0 Å². The first kappa shape index (κ1) is 21.1. The molecular weight excluding hydrogens is 350 g/mol. The minimum atomic E-state index is -0.502. The quantitative estimate of drug-likeness (QED) is 0.664. The fraction of sp³-hybridized carbons (Fsp3) is 0.739. The van der Waals surface area contributed by atoms with Crippen molar-refractivity contribution in [1.29, 1.82) is 0 Å². The van der Waals surface area contributed by atoms with E-state index in [2.05, 4.69) is 24.8 Å². The maximum atomic E-state index is 12.8. The number of aromatic nitrogens is 1. The summed E-state index contributed by atoms with van der Waals surface area (Å²) in [5, 5.41) is 0. The number of piperidine rings is 1. The van der Waals surface area contributed by atoms with Crippen LogP contribution in [-0.2, 0) is 4.74 Å². The molecule has 156 valence electrons. The number of nitrogens with zero attached hydrogens (tertiary/aromatic N) is 3. The topological polar surface area (TPSA) is 45.7 Å². The molecule has 2 heterocycles. The Morgan fingerprint density at radius 3 is 2.50 bits per heavy atom. The van der Waals surface area contributed by atoms with Crippen LogP contribution < -0.4 is 4.90 Å². The number of likely N-dealkylation sites (tertiary alicyclic amines) is 1. The van der Waals surface area contributed by atoms with Crippen LogP contribution >= 0.6 is 0 Å². The van der Waals surface area contributed by atoms with Gasteiger partial charge in [0.25, 0.3) is 0 Å². The monoisotopic (exact) mass is 387 g/mol. The molecule has 1 saturated heterocycles. The number of pyridine rings is 1. The summed E-state index contributed by atoms with van der Waals surface area (Å²) in [7, 11) is 0. The predicted octanol–water partition coefficient (Wildman–Crippen LogP) is 5.56. The lowest BCUT2D eigenvalue weighted by Gasteiger charge is -2.38. The molecule has 0 radical (unpaired) electrons. The second-order valence-electron chi connectivity index (χ2n) is 9.79. The Balaban J connectivity index is 1.77. The third kappa shape index (κ3) is 5.25. The van der Waals surface area contributed by atoms with Gasteiger partial charge in [0.05, 0.1) is 0 Å². The van der Waals surface area contributed by atoms with Crippen LogP contribution in [0.15, 0.2) is 18.3 Å². The van der Waals surface area contributed by atoms with Crippen LogP contribution in [-0.4, -0.2) is 40.7 Å². The highest BCUT2D eigenvalue weighted by Crippen LogP contribution is 2.34. The smallest absolute Gasteiger partial charge is 0.416 e. The van der Waals surface area contributed by atoms with Gasteiger partial charge < -0.3 is 4.74 Å². The Morgan fingerprint density at radius 2 is 1.96 bits per heavy atom. The molecule has 0 bridgehead atoms. The van der Waals surface area contributed by atoms with Gasteiger partial charge in [-0.2, -0.15) is 0 Å². The number of carbonyl (C=O) groups excluding carboxylic acids is 1. The van der Waals surface area contributed by atoms with Crippen molar-refractivity contribution in [3.8, 4) is 0 Å². The van der Waals surface area contributed by atoms with Crippen LogP contribution in [0.5, 0.6) is 0 Å². The van der Waals surface area contributed by atoms with E-state index in [1.54, 1.807) is 4.90 Å². The normalized spacial score (nSPS) is 21.4. The summed E-state index contributed by atoms with van der Waals surface area (Å²) in [5.74, 6) is 1.38. The standard InChI is InChI=1S/C23H37N3O2/c1-17(2)16-25-14-7-6-11-20(25)18-12-13-21(24-15-18)26(19-9-8-10-19)22(27)28-23(3,4)5/h12-13,15,17,19-20H,6-11,14,16H2,1-5H3. The molecule has 0 spiro atoms. The lowest BCUT2D eigenvalue weighted by atomic mass is 9.91. The zero-order valence-electron chi connectivity index (χ0n) is 18.3. The van der Waals surface area contributed by atoms with Crippen molar-refractivity contribution in [3.05, 3.63) is 23.9 Å². The molecule has 3 rings (SSSR count). The number of anilines is 1. The van der Waals surface area contributed by atoms with Crippen molar-refractivity contribution in [2.45, 2.75) is 90.8 Å². The fourth-order valence-electron chi connectivity index (χ4n) is 4.18. The van der Waals surface area contributed by atoms with Gasteiger partial charge in [-0.3, -0.25) is 9.80 Å². The van der Waals surface area contributed by atoms with Gasteiger partial charge in [-0.25, -0.2) is 9.78 Å². The first-order valence-electron chi connectivity index (χ1n) is 11.0. The van der Waals surface area contributed by atoms with Crippen molar-refractivity contribution in [3.63, 3.8) is 0 Å². The number of ether oxygens (including phenoxy) is 1. The van der Waals surface area contributed by atoms with Crippen molar-refractivity contribution >= 4 is 11.9 Å². The highest BCUT2D eigenvalue weighted by atomic mass is 16.6. The molecule has 28 heavy (non-hydrogen) atoms. The van der Waals surface area contributed by atoms with Crippen LogP contribution in [0.2, 0.25) is 0 Å². The molecule has 1 aliphatic carbocycles. The molecule has 1 saturated carbocycles. The molecule has 1 aromatic rings. The van der Waals surface area contributed by atoms with Crippen molar-refractivity contribution in [2.24, 2.45) is 5.92 Å². The van der Waals surface area contributed by atoms with Gasteiger partial charge in [0.1, 0.15) is 11.4 Å². The molecule has 0 N–H and O–H groups in total. The fourth-order valence-corrected chi connectivity index (χ4v) is 4.18. The number of hydrogen-bond donors (Lipinski definition) is 0. The van der Waals surface area contributed by atoms with Gasteiger partial charge >= 0.3 is 6.09 Å². The number of carbonyl (C=O) groups is 1. The molecule has 2 aliphatic rings. The summed E-state index contributed by atoms with van der Waals surface area (Å²) in [5.41, 5.74) is 0.764. The van der Waals surface area contributed by atoms with Gasteiger partial charge in [0.2, 0.25) is 0 Å². The largest absolute Gasteiger partial charge is 0.443 e. The van der Waals surface area contributed by atoms with Crippen LogP contribution in [0.1, 0.15) is 84.7 Å². The first-order chi connectivity index (χ1) is 13.2. The SMILES string of the molecule is CC(C)CN1CCCCC1c1ccc(N(C(=O)OC(C)(C)C)C2CCC2)nc1. The van der Waals surface area contributed by atoms with E-state index in [4.69, 9.17) is 9.72 Å². The Hall–Kier alpha value is -1.62. The molecular formula is C23H37N3O2. The molecule has 1 atom stereocenters. The first-order valence-corrected chi connectivity index (χ1v) is 11.0. The lowest BCUT2D eigenvalue weighted by molar-refractivity contribution is 0.0548. The maximum absolute atomic E-state index is 12.8. The van der Waals surface area contributed by atoms with Crippen LogP contribution in [0.4, 0.5) is 10.6 Å². The van der Waals surface area contributed by atoms with E-state index in [0.29, 0.717) is 17.8 Å². The summed E-state index contributed by atoms with van der Waals surface area (Å²) in [6.07, 6.45) is 8.64. The van der Waals surface area contributed by atoms with E-state index in [-0.39, 0.29) is 12.1 Å². The van der Waals surface area contributed by atoms with E-state index in [1.807, 2.05) is 33.0 Å². The number of amides is 1. The minimum absolute atomic E-state index is 0.209. The van der Waals surface area contributed by atoms with Crippen LogP contribution in [0, 0.1) is 5.92 Å². The summed E-state index contributed by atoms with van der Waals surface area (Å²) in [4.78, 5) is 21.9. The Morgan fingerprint density at radius 1 is 1.21 bits per heavy atom. The highest BCUT2D eigenvalue weighted by molar-refractivity contribution is 5.87. The average molecular weight is 388 g/mol. The zero-order valence-corrected chi connectivity index (χ0v) is 18.3. The maximum Gasteiger partial charge on any atom is 0.416 e. The van der Waals surface area contributed by atoms with Crippen molar-refractivity contribution < 1.29 is 9.53 Å². The molecule has 1 unspecified atom stereocenters. The Bertz CT molecular complexity index is 647. The van der Waals surface area contributed by atoms with Gasteiger partial charge in [0, 0.05) is 24.8 Å². The minimum Gasteiger partial charge on any atom is -0.443 e. The Labute approximate surface area is 170 Å². The van der Waals surface area contributed by atoms with E-state index in [1.165, 1.54) is 24.8 Å². The summed E-state index contributed by atoms with van der Waals surface area (Å²) in [6, 6.07) is 4.83. The lowest BCUT2D eigenvalue weighted by Crippen LogP contribution is -2.47. The Kier molecular flexibility index (Phi) is 6.64. The molecule has 5 heteroatoms. The molecule has 2 fully saturated rings. The zero-order chi connectivity index (χ0) is 20.3. The third-order valence-electron chi connectivity index (χ3n) is 5.65. The molecule has 1 aliphatic heterocycles. The van der Waals surface area contributed by atoms with Gasteiger partial charge in [-0.1, -0.05) is 26.3 Å². The average Bonchev–Trinajstić information content (AvgIpc) is 2.56. The summed E-state index contributed by atoms with van der Waals surface area (Å²) >= 11 is 0. The molecule has 0 aromatic carbocycles. The van der Waals surface area contributed by atoms with E-state index in [9.17, 15) is 4.79 Å². The summed E-state index contributed by atoms with van der Waals surface area (Å²) < 4.78 is 5.66. The van der Waals surface area contributed by atoms with Gasteiger partial charge in [-0.05, 0) is 77.0 Å². The summed E-state index contributed by atoms with van der Waals surface area (Å²) in [6.45, 7) is 12.6. The second kappa shape index (κ2) is 8.81. The molecule has 1 aromatic heterocycles. The van der Waals surface area contributed by atoms with Gasteiger partial charge in [-0.15, -0.1) is 0 Å². The molecule has 5 nitrogen and oxygen atoms in total. The third-order valence-corrected chi connectivity index (χ3v) is 5.65. The van der Waals surface area contributed by atoms with Crippen molar-refractivity contribution in [1.82, 2.24) is 9.88 Å².